The monoisotopic (exact) mass is 267 g/mol. The summed E-state index contributed by atoms with van der Waals surface area (Å²) in [4.78, 5) is 0.385. The highest BCUT2D eigenvalue weighted by molar-refractivity contribution is 7.80. The fourth-order valence-corrected chi connectivity index (χ4v) is 1.59. The van der Waals surface area contributed by atoms with Crippen LogP contribution >= 0.6 is 12.2 Å². The van der Waals surface area contributed by atoms with E-state index in [1.807, 2.05) is 18.2 Å². The number of benzene rings is 1. The SMILES string of the molecule is COc1ccc(C(N)=S)cc1COC(C)C(C)C. The fourth-order valence-electron chi connectivity index (χ4n) is 1.46. The standard InChI is InChI=1S/C14H21NO2S/c1-9(2)10(3)17-8-12-7-11(14(15)18)5-6-13(12)16-4/h5-7,9-10H,8H2,1-4H3,(H2,15,18). The third-order valence-corrected chi connectivity index (χ3v) is 3.24. The van der Waals surface area contributed by atoms with Crippen LogP contribution in [-0.4, -0.2) is 18.2 Å². The van der Waals surface area contributed by atoms with Gasteiger partial charge in [-0.1, -0.05) is 26.1 Å². The molecule has 1 aromatic rings. The van der Waals surface area contributed by atoms with E-state index in [0.717, 1.165) is 16.9 Å². The first-order valence-corrected chi connectivity index (χ1v) is 6.44. The van der Waals surface area contributed by atoms with Crippen LogP contribution < -0.4 is 10.5 Å². The molecule has 1 atom stereocenters. The number of ether oxygens (including phenoxy) is 2. The molecule has 0 spiro atoms. The minimum atomic E-state index is 0.197. The Labute approximate surface area is 114 Å². The summed E-state index contributed by atoms with van der Waals surface area (Å²) in [7, 11) is 1.64. The molecular formula is C14H21NO2S. The first-order valence-electron chi connectivity index (χ1n) is 6.04. The average molecular weight is 267 g/mol. The minimum Gasteiger partial charge on any atom is -0.496 e. The first-order chi connectivity index (χ1) is 8.45. The molecular weight excluding hydrogens is 246 g/mol. The quantitative estimate of drug-likeness (QED) is 0.805. The molecule has 0 aliphatic rings. The minimum absolute atomic E-state index is 0.197. The normalized spacial score (nSPS) is 12.5. The molecule has 0 saturated carbocycles. The van der Waals surface area contributed by atoms with E-state index in [1.165, 1.54) is 0 Å². The molecule has 1 unspecified atom stereocenters. The van der Waals surface area contributed by atoms with Crippen LogP contribution in [0.5, 0.6) is 5.75 Å². The summed E-state index contributed by atoms with van der Waals surface area (Å²) in [6, 6.07) is 5.65. The predicted molar refractivity (Wildman–Crippen MR) is 78.0 cm³/mol. The molecule has 1 aromatic carbocycles. The van der Waals surface area contributed by atoms with Gasteiger partial charge in [-0.25, -0.2) is 0 Å². The van der Waals surface area contributed by atoms with Gasteiger partial charge in [-0.2, -0.15) is 0 Å². The van der Waals surface area contributed by atoms with Crippen molar-refractivity contribution in [2.24, 2.45) is 11.7 Å². The van der Waals surface area contributed by atoms with E-state index in [-0.39, 0.29) is 6.10 Å². The maximum atomic E-state index is 5.80. The van der Waals surface area contributed by atoms with Crippen LogP contribution in [0.1, 0.15) is 31.9 Å². The molecule has 4 heteroatoms. The van der Waals surface area contributed by atoms with Crippen LogP contribution in [0.3, 0.4) is 0 Å². The van der Waals surface area contributed by atoms with E-state index < -0.39 is 0 Å². The second kappa shape index (κ2) is 6.71. The smallest absolute Gasteiger partial charge is 0.124 e. The van der Waals surface area contributed by atoms with E-state index in [2.05, 4.69) is 20.8 Å². The van der Waals surface area contributed by atoms with E-state index in [9.17, 15) is 0 Å². The molecule has 0 saturated heterocycles. The summed E-state index contributed by atoms with van der Waals surface area (Å²) in [5.41, 5.74) is 7.43. The Hall–Kier alpha value is -1.13. The Morgan fingerprint density at radius 1 is 1.33 bits per heavy atom. The molecule has 0 aliphatic carbocycles. The van der Waals surface area contributed by atoms with Crippen molar-refractivity contribution in [3.63, 3.8) is 0 Å². The maximum absolute atomic E-state index is 5.80. The van der Waals surface area contributed by atoms with Crippen LogP contribution in [0.4, 0.5) is 0 Å². The third kappa shape index (κ3) is 3.96. The maximum Gasteiger partial charge on any atom is 0.124 e. The van der Waals surface area contributed by atoms with Gasteiger partial charge in [-0.3, -0.25) is 0 Å². The largest absolute Gasteiger partial charge is 0.496 e. The molecule has 18 heavy (non-hydrogen) atoms. The van der Waals surface area contributed by atoms with Crippen molar-refractivity contribution in [1.82, 2.24) is 0 Å². The van der Waals surface area contributed by atoms with Crippen LogP contribution in [0.2, 0.25) is 0 Å². The zero-order valence-corrected chi connectivity index (χ0v) is 12.2. The summed E-state index contributed by atoms with van der Waals surface area (Å²) in [6.45, 7) is 6.83. The highest BCUT2D eigenvalue weighted by Gasteiger charge is 2.11. The van der Waals surface area contributed by atoms with Gasteiger partial charge >= 0.3 is 0 Å². The Kier molecular flexibility index (Phi) is 5.56. The molecule has 0 fully saturated rings. The molecule has 0 radical (unpaired) electrons. The molecule has 1 rings (SSSR count). The van der Waals surface area contributed by atoms with E-state index in [1.54, 1.807) is 7.11 Å². The molecule has 3 nitrogen and oxygen atoms in total. The van der Waals surface area contributed by atoms with Gasteiger partial charge in [0.1, 0.15) is 10.7 Å². The lowest BCUT2D eigenvalue weighted by Crippen LogP contribution is -2.16. The predicted octanol–water partition coefficient (Wildman–Crippen LogP) is 2.89. The highest BCUT2D eigenvalue weighted by Crippen LogP contribution is 2.22. The van der Waals surface area contributed by atoms with Gasteiger partial charge in [0.15, 0.2) is 0 Å². The average Bonchev–Trinajstić information content (AvgIpc) is 2.35. The van der Waals surface area contributed by atoms with Crippen molar-refractivity contribution < 1.29 is 9.47 Å². The summed E-state index contributed by atoms with van der Waals surface area (Å²) >= 11 is 4.97. The van der Waals surface area contributed by atoms with Crippen LogP contribution in [0.15, 0.2) is 18.2 Å². The topological polar surface area (TPSA) is 44.5 Å². The zero-order chi connectivity index (χ0) is 13.7. The molecule has 2 N–H and O–H groups in total. The van der Waals surface area contributed by atoms with E-state index in [0.29, 0.717) is 17.5 Å². The molecule has 100 valence electrons. The second-order valence-corrected chi connectivity index (χ2v) is 5.09. The Balaban J connectivity index is 2.84. The summed E-state index contributed by atoms with van der Waals surface area (Å²) in [5.74, 6) is 1.28. The Morgan fingerprint density at radius 2 is 2.00 bits per heavy atom. The van der Waals surface area contributed by atoms with Gasteiger partial charge in [-0.15, -0.1) is 0 Å². The Bertz CT molecular complexity index is 418. The number of rotatable bonds is 6. The van der Waals surface area contributed by atoms with Crippen molar-refractivity contribution >= 4 is 17.2 Å². The Morgan fingerprint density at radius 3 is 2.50 bits per heavy atom. The van der Waals surface area contributed by atoms with Crippen LogP contribution in [0.25, 0.3) is 0 Å². The first kappa shape index (κ1) is 14.9. The summed E-state index contributed by atoms with van der Waals surface area (Å²) in [6.07, 6.45) is 0.197. The summed E-state index contributed by atoms with van der Waals surface area (Å²) in [5, 5.41) is 0. The lowest BCUT2D eigenvalue weighted by atomic mass is 10.1. The van der Waals surface area contributed by atoms with Crippen LogP contribution in [-0.2, 0) is 11.3 Å². The number of hydrogen-bond donors (Lipinski definition) is 1. The molecule has 0 heterocycles. The lowest BCUT2D eigenvalue weighted by molar-refractivity contribution is 0.0226. The zero-order valence-electron chi connectivity index (χ0n) is 11.4. The molecule has 0 aromatic heterocycles. The third-order valence-electron chi connectivity index (χ3n) is 3.01. The van der Waals surface area contributed by atoms with E-state index in [4.69, 9.17) is 27.4 Å². The molecule has 0 bridgehead atoms. The van der Waals surface area contributed by atoms with Gasteiger partial charge in [0, 0.05) is 11.1 Å². The van der Waals surface area contributed by atoms with Crippen LogP contribution in [0, 0.1) is 5.92 Å². The fraction of sp³-hybridized carbons (Fsp3) is 0.500. The molecule has 0 aliphatic heterocycles. The second-order valence-electron chi connectivity index (χ2n) is 4.65. The number of methoxy groups -OCH3 is 1. The highest BCUT2D eigenvalue weighted by atomic mass is 32.1. The van der Waals surface area contributed by atoms with Crippen molar-refractivity contribution in [1.29, 1.82) is 0 Å². The van der Waals surface area contributed by atoms with Gasteiger partial charge in [0.05, 0.1) is 19.8 Å². The lowest BCUT2D eigenvalue weighted by Gasteiger charge is -2.18. The number of nitrogens with two attached hydrogens (primary N) is 1. The van der Waals surface area contributed by atoms with Gasteiger partial charge in [-0.05, 0) is 31.0 Å². The van der Waals surface area contributed by atoms with Crippen molar-refractivity contribution in [2.75, 3.05) is 7.11 Å². The van der Waals surface area contributed by atoms with Gasteiger partial charge in [0.2, 0.25) is 0 Å². The molecule has 0 amide bonds. The van der Waals surface area contributed by atoms with Crippen molar-refractivity contribution in [2.45, 2.75) is 33.5 Å². The van der Waals surface area contributed by atoms with Gasteiger partial charge < -0.3 is 15.2 Å². The number of thiocarbonyl (C=S) groups is 1. The van der Waals surface area contributed by atoms with Crippen molar-refractivity contribution in [3.8, 4) is 5.75 Å². The van der Waals surface area contributed by atoms with Gasteiger partial charge in [0.25, 0.3) is 0 Å². The van der Waals surface area contributed by atoms with E-state index >= 15 is 0 Å². The number of hydrogen-bond acceptors (Lipinski definition) is 3. The summed E-state index contributed by atoms with van der Waals surface area (Å²) < 4.78 is 11.1. The van der Waals surface area contributed by atoms with Crippen molar-refractivity contribution in [3.05, 3.63) is 29.3 Å².